The van der Waals surface area contributed by atoms with E-state index in [4.69, 9.17) is 4.74 Å². The van der Waals surface area contributed by atoms with E-state index in [1.165, 1.54) is 51.4 Å². The van der Waals surface area contributed by atoms with Crippen LogP contribution >= 0.6 is 0 Å². The van der Waals surface area contributed by atoms with E-state index < -0.39 is 0 Å². The van der Waals surface area contributed by atoms with Crippen molar-refractivity contribution in [2.24, 2.45) is 11.3 Å². The number of hydrogen-bond acceptors (Lipinski definition) is 2. The molecular formula is C16H31NO. The van der Waals surface area contributed by atoms with Gasteiger partial charge in [0.2, 0.25) is 0 Å². The van der Waals surface area contributed by atoms with Gasteiger partial charge < -0.3 is 10.1 Å². The number of ether oxygens (including phenoxy) is 1. The normalized spacial score (nSPS) is 33.5. The third-order valence-electron chi connectivity index (χ3n) is 5.11. The Morgan fingerprint density at radius 2 is 1.78 bits per heavy atom. The predicted molar refractivity (Wildman–Crippen MR) is 76.8 cm³/mol. The molecule has 0 bridgehead atoms. The standard InChI is InChI=1S/C16H31NO/c1-16(2)11-7-10-14(15(16)17-3)18-12-13-8-5-4-6-9-13/h13-15,17H,4-12H2,1-3H3. The summed E-state index contributed by atoms with van der Waals surface area (Å²) >= 11 is 0. The summed E-state index contributed by atoms with van der Waals surface area (Å²) in [6, 6.07) is 0.523. The Morgan fingerprint density at radius 1 is 1.06 bits per heavy atom. The molecule has 0 aromatic heterocycles. The Hall–Kier alpha value is -0.0800. The van der Waals surface area contributed by atoms with Gasteiger partial charge in [-0.1, -0.05) is 39.5 Å². The van der Waals surface area contributed by atoms with Gasteiger partial charge in [0.05, 0.1) is 6.10 Å². The van der Waals surface area contributed by atoms with Crippen molar-refractivity contribution in [2.75, 3.05) is 13.7 Å². The van der Waals surface area contributed by atoms with Crippen molar-refractivity contribution in [3.63, 3.8) is 0 Å². The summed E-state index contributed by atoms with van der Waals surface area (Å²) in [4.78, 5) is 0. The van der Waals surface area contributed by atoms with Crippen molar-refractivity contribution in [1.82, 2.24) is 5.32 Å². The largest absolute Gasteiger partial charge is 0.376 e. The van der Waals surface area contributed by atoms with Crippen LogP contribution in [0.25, 0.3) is 0 Å². The first-order valence-corrected chi connectivity index (χ1v) is 7.92. The minimum Gasteiger partial charge on any atom is -0.376 e. The predicted octanol–water partition coefficient (Wildman–Crippen LogP) is 3.75. The molecule has 2 aliphatic rings. The van der Waals surface area contributed by atoms with Crippen molar-refractivity contribution < 1.29 is 4.74 Å². The van der Waals surface area contributed by atoms with Crippen molar-refractivity contribution in [2.45, 2.75) is 77.4 Å². The van der Waals surface area contributed by atoms with Gasteiger partial charge in [0.25, 0.3) is 0 Å². The highest BCUT2D eigenvalue weighted by molar-refractivity contribution is 4.93. The maximum atomic E-state index is 6.30. The number of rotatable bonds is 4. The van der Waals surface area contributed by atoms with Gasteiger partial charge in [0, 0.05) is 12.6 Å². The van der Waals surface area contributed by atoms with Crippen molar-refractivity contribution >= 4 is 0 Å². The molecule has 0 radical (unpaired) electrons. The molecule has 2 aliphatic carbocycles. The van der Waals surface area contributed by atoms with Crippen LogP contribution in [0.4, 0.5) is 0 Å². The summed E-state index contributed by atoms with van der Waals surface area (Å²) in [6.07, 6.45) is 11.4. The van der Waals surface area contributed by atoms with Crippen molar-refractivity contribution in [3.8, 4) is 0 Å². The summed E-state index contributed by atoms with van der Waals surface area (Å²) in [5, 5.41) is 3.51. The Morgan fingerprint density at radius 3 is 2.44 bits per heavy atom. The van der Waals surface area contributed by atoms with Gasteiger partial charge in [-0.2, -0.15) is 0 Å². The molecule has 0 amide bonds. The van der Waals surface area contributed by atoms with E-state index in [2.05, 4.69) is 26.2 Å². The Kier molecular flexibility index (Phi) is 5.08. The van der Waals surface area contributed by atoms with E-state index >= 15 is 0 Å². The van der Waals surface area contributed by atoms with Gasteiger partial charge in [0.1, 0.15) is 0 Å². The molecule has 2 heteroatoms. The molecule has 2 saturated carbocycles. The summed E-state index contributed by atoms with van der Waals surface area (Å²) in [6.45, 7) is 5.76. The Balaban J connectivity index is 1.83. The number of nitrogens with one attached hydrogen (secondary N) is 1. The topological polar surface area (TPSA) is 21.3 Å². The van der Waals surface area contributed by atoms with E-state index in [9.17, 15) is 0 Å². The fourth-order valence-corrected chi connectivity index (χ4v) is 3.95. The monoisotopic (exact) mass is 253 g/mol. The second kappa shape index (κ2) is 6.38. The fraction of sp³-hybridized carbons (Fsp3) is 1.00. The SMILES string of the molecule is CNC1C(OCC2CCCCC2)CCCC1(C)C. The van der Waals surface area contributed by atoms with Gasteiger partial charge in [-0.3, -0.25) is 0 Å². The van der Waals surface area contributed by atoms with E-state index in [0.717, 1.165) is 12.5 Å². The average molecular weight is 253 g/mol. The Bertz CT molecular complexity index is 245. The van der Waals surface area contributed by atoms with Crippen LogP contribution in [0.1, 0.15) is 65.2 Å². The lowest BCUT2D eigenvalue weighted by Crippen LogP contribution is -2.52. The minimum atomic E-state index is 0.379. The van der Waals surface area contributed by atoms with Crippen LogP contribution in [0.5, 0.6) is 0 Å². The van der Waals surface area contributed by atoms with Crippen LogP contribution < -0.4 is 5.32 Å². The molecule has 2 rings (SSSR count). The highest BCUT2D eigenvalue weighted by Crippen LogP contribution is 2.37. The molecule has 106 valence electrons. The molecule has 0 aromatic rings. The molecule has 2 fully saturated rings. The minimum absolute atomic E-state index is 0.379. The first kappa shape index (κ1) is 14.3. The number of hydrogen-bond donors (Lipinski definition) is 1. The Labute approximate surface area is 113 Å². The zero-order valence-corrected chi connectivity index (χ0v) is 12.5. The fourth-order valence-electron chi connectivity index (χ4n) is 3.95. The van der Waals surface area contributed by atoms with Crippen LogP contribution in [0.2, 0.25) is 0 Å². The van der Waals surface area contributed by atoms with Crippen LogP contribution in [0, 0.1) is 11.3 Å². The third kappa shape index (κ3) is 3.48. The first-order chi connectivity index (χ1) is 8.63. The number of likely N-dealkylation sites (N-methyl/N-ethyl adjacent to an activating group) is 1. The van der Waals surface area contributed by atoms with Crippen molar-refractivity contribution in [3.05, 3.63) is 0 Å². The molecular weight excluding hydrogens is 222 g/mol. The average Bonchev–Trinajstić information content (AvgIpc) is 2.36. The lowest BCUT2D eigenvalue weighted by Gasteiger charge is -2.44. The highest BCUT2D eigenvalue weighted by atomic mass is 16.5. The molecule has 2 unspecified atom stereocenters. The summed E-state index contributed by atoms with van der Waals surface area (Å²) in [7, 11) is 2.09. The lowest BCUT2D eigenvalue weighted by atomic mass is 9.72. The van der Waals surface area contributed by atoms with Gasteiger partial charge in [-0.25, -0.2) is 0 Å². The maximum absolute atomic E-state index is 6.30. The van der Waals surface area contributed by atoms with Crippen LogP contribution in [-0.4, -0.2) is 25.8 Å². The molecule has 2 atom stereocenters. The second-order valence-corrected chi connectivity index (χ2v) is 7.02. The summed E-state index contributed by atoms with van der Waals surface area (Å²) < 4.78 is 6.30. The maximum Gasteiger partial charge on any atom is 0.0733 e. The van der Waals surface area contributed by atoms with Gasteiger partial charge in [-0.15, -0.1) is 0 Å². The van der Waals surface area contributed by atoms with Crippen LogP contribution in [0.3, 0.4) is 0 Å². The van der Waals surface area contributed by atoms with Gasteiger partial charge in [0.15, 0.2) is 0 Å². The molecule has 1 N–H and O–H groups in total. The van der Waals surface area contributed by atoms with E-state index in [1.807, 2.05) is 0 Å². The third-order valence-corrected chi connectivity index (χ3v) is 5.11. The molecule has 0 spiro atoms. The van der Waals surface area contributed by atoms with Gasteiger partial charge >= 0.3 is 0 Å². The van der Waals surface area contributed by atoms with Crippen LogP contribution in [-0.2, 0) is 4.74 Å². The molecule has 0 saturated heterocycles. The van der Waals surface area contributed by atoms with Gasteiger partial charge in [-0.05, 0) is 44.1 Å². The van der Waals surface area contributed by atoms with E-state index in [-0.39, 0.29) is 0 Å². The van der Waals surface area contributed by atoms with Crippen molar-refractivity contribution in [1.29, 1.82) is 0 Å². The quantitative estimate of drug-likeness (QED) is 0.824. The molecule has 2 nitrogen and oxygen atoms in total. The highest BCUT2D eigenvalue weighted by Gasteiger charge is 2.38. The zero-order valence-electron chi connectivity index (χ0n) is 12.5. The summed E-state index contributed by atoms with van der Waals surface area (Å²) in [5.41, 5.74) is 0.379. The summed E-state index contributed by atoms with van der Waals surface area (Å²) in [5.74, 6) is 0.835. The molecule has 0 heterocycles. The van der Waals surface area contributed by atoms with E-state index in [0.29, 0.717) is 17.6 Å². The molecule has 0 aromatic carbocycles. The molecule has 18 heavy (non-hydrogen) atoms. The van der Waals surface area contributed by atoms with Crippen LogP contribution in [0.15, 0.2) is 0 Å². The first-order valence-electron chi connectivity index (χ1n) is 7.92. The van der Waals surface area contributed by atoms with E-state index in [1.54, 1.807) is 0 Å². The smallest absolute Gasteiger partial charge is 0.0733 e. The zero-order chi connectivity index (χ0) is 13.0. The lowest BCUT2D eigenvalue weighted by molar-refractivity contribution is -0.0508. The molecule has 0 aliphatic heterocycles. The second-order valence-electron chi connectivity index (χ2n) is 7.02.